The van der Waals surface area contributed by atoms with E-state index in [4.69, 9.17) is 0 Å². The first-order chi connectivity index (χ1) is 13.5. The number of nitrogens with one attached hydrogen (secondary N) is 2. The molecule has 2 N–H and O–H groups in total. The smallest absolute Gasteiger partial charge is 0.371 e. The van der Waals surface area contributed by atoms with Crippen LogP contribution in [0.25, 0.3) is 0 Å². The van der Waals surface area contributed by atoms with Gasteiger partial charge in [0.05, 0.1) is 6.54 Å². The van der Waals surface area contributed by atoms with Crippen molar-refractivity contribution < 1.29 is 13.2 Å². The molecule has 2 aromatic rings. The molecular weight excluding hydrogens is 514 g/mol. The van der Waals surface area contributed by atoms with Gasteiger partial charge in [-0.25, -0.2) is 9.98 Å². The van der Waals surface area contributed by atoms with E-state index in [1.54, 1.807) is 0 Å². The Labute approximate surface area is 189 Å². The number of thiazole rings is 1. The Morgan fingerprint density at radius 3 is 2.69 bits per heavy atom. The quantitative estimate of drug-likeness (QED) is 0.326. The van der Waals surface area contributed by atoms with Crippen molar-refractivity contribution in [3.8, 4) is 0 Å². The van der Waals surface area contributed by atoms with E-state index in [9.17, 15) is 13.2 Å². The highest BCUT2D eigenvalue weighted by atomic mass is 127. The summed E-state index contributed by atoms with van der Waals surface area (Å²) in [7, 11) is 0. The fraction of sp³-hybridized carbons (Fsp3) is 0.474. The first-order valence-electron chi connectivity index (χ1n) is 9.29. The van der Waals surface area contributed by atoms with E-state index >= 15 is 0 Å². The van der Waals surface area contributed by atoms with Crippen molar-refractivity contribution in [2.45, 2.75) is 26.1 Å². The van der Waals surface area contributed by atoms with E-state index in [1.165, 1.54) is 5.69 Å². The van der Waals surface area contributed by atoms with Crippen molar-refractivity contribution in [2.75, 3.05) is 31.1 Å². The first kappa shape index (κ1) is 23.7. The zero-order valence-electron chi connectivity index (χ0n) is 16.1. The van der Waals surface area contributed by atoms with Gasteiger partial charge >= 0.3 is 6.18 Å². The van der Waals surface area contributed by atoms with Gasteiger partial charge in [-0.15, -0.1) is 35.3 Å². The fourth-order valence-electron chi connectivity index (χ4n) is 3.12. The van der Waals surface area contributed by atoms with Crippen LogP contribution in [0.15, 0.2) is 40.7 Å². The minimum absolute atomic E-state index is 0. The zero-order valence-corrected chi connectivity index (χ0v) is 19.2. The SMILES string of the molecule is CCNC(=NCc1nc(C(F)(F)F)cs1)NCC1CCN(c2ccccc2)C1.I. The Hall–Kier alpha value is -1.56. The predicted molar refractivity (Wildman–Crippen MR) is 122 cm³/mol. The number of aromatic nitrogens is 1. The third-order valence-corrected chi connectivity index (χ3v) is 5.36. The highest BCUT2D eigenvalue weighted by Gasteiger charge is 2.33. The number of guanidine groups is 1. The monoisotopic (exact) mass is 539 g/mol. The van der Waals surface area contributed by atoms with Gasteiger partial charge in [0.15, 0.2) is 11.7 Å². The van der Waals surface area contributed by atoms with Gasteiger partial charge in [0, 0.05) is 37.2 Å². The molecule has 5 nitrogen and oxygen atoms in total. The average Bonchev–Trinajstić information content (AvgIpc) is 3.34. The van der Waals surface area contributed by atoms with Crippen LogP contribution < -0.4 is 15.5 Å². The normalized spacial score (nSPS) is 17.2. The standard InChI is InChI=1S/C19H24F3N5S.HI/c1-2-23-18(25-11-17-26-16(13-28-17)19(20,21)22)24-10-14-8-9-27(12-14)15-6-4-3-5-7-15;/h3-7,13-14H,2,8-12H2,1H3,(H2,23,24,25);1H. The molecule has 0 spiro atoms. The molecule has 3 rings (SSSR count). The predicted octanol–water partition coefficient (Wildman–Crippen LogP) is 4.36. The van der Waals surface area contributed by atoms with Gasteiger partial charge in [0.2, 0.25) is 0 Å². The summed E-state index contributed by atoms with van der Waals surface area (Å²) < 4.78 is 37.9. The van der Waals surface area contributed by atoms with Gasteiger partial charge in [-0.05, 0) is 31.4 Å². The number of para-hydroxylation sites is 1. The summed E-state index contributed by atoms with van der Waals surface area (Å²) in [4.78, 5) is 10.4. The molecule has 0 amide bonds. The van der Waals surface area contributed by atoms with Crippen LogP contribution in [0.5, 0.6) is 0 Å². The summed E-state index contributed by atoms with van der Waals surface area (Å²) in [5.41, 5.74) is 0.377. The maximum absolute atomic E-state index is 12.6. The van der Waals surface area contributed by atoms with E-state index in [1.807, 2.05) is 25.1 Å². The molecule has 1 unspecified atom stereocenters. The number of nitrogens with zero attached hydrogens (tertiary/aromatic N) is 3. The minimum Gasteiger partial charge on any atom is -0.371 e. The molecule has 1 atom stereocenters. The summed E-state index contributed by atoms with van der Waals surface area (Å²) in [5, 5.41) is 7.82. The molecule has 29 heavy (non-hydrogen) atoms. The average molecular weight is 539 g/mol. The molecule has 2 heterocycles. The minimum atomic E-state index is -4.41. The van der Waals surface area contributed by atoms with Crippen LogP contribution in [0.2, 0.25) is 0 Å². The number of hydrogen-bond donors (Lipinski definition) is 2. The Morgan fingerprint density at radius 1 is 1.28 bits per heavy atom. The van der Waals surface area contributed by atoms with E-state index in [2.05, 4.69) is 37.6 Å². The highest BCUT2D eigenvalue weighted by molar-refractivity contribution is 14.0. The van der Waals surface area contributed by atoms with Crippen molar-refractivity contribution in [2.24, 2.45) is 10.9 Å². The number of anilines is 1. The van der Waals surface area contributed by atoms with Gasteiger partial charge in [0.1, 0.15) is 5.01 Å². The van der Waals surface area contributed by atoms with E-state index in [0.717, 1.165) is 42.8 Å². The summed E-state index contributed by atoms with van der Waals surface area (Å²) >= 11 is 0.977. The third kappa shape index (κ3) is 7.02. The molecule has 1 aromatic heterocycles. The first-order valence-corrected chi connectivity index (χ1v) is 10.2. The Balaban J connectivity index is 0.00000300. The molecule has 1 fully saturated rings. The Kier molecular flexibility index (Phi) is 9.00. The van der Waals surface area contributed by atoms with Crippen LogP contribution >= 0.6 is 35.3 Å². The molecular formula is C19H25F3IN5S. The van der Waals surface area contributed by atoms with Crippen molar-refractivity contribution in [3.63, 3.8) is 0 Å². The number of rotatable bonds is 6. The van der Waals surface area contributed by atoms with E-state index in [0.29, 0.717) is 23.4 Å². The molecule has 10 heteroatoms. The largest absolute Gasteiger partial charge is 0.434 e. The molecule has 160 valence electrons. The second-order valence-corrected chi connectivity index (χ2v) is 7.58. The lowest BCUT2D eigenvalue weighted by Crippen LogP contribution is -2.40. The van der Waals surface area contributed by atoms with Gasteiger partial charge in [-0.3, -0.25) is 0 Å². The molecule has 0 aliphatic carbocycles. The number of alkyl halides is 3. The molecule has 0 saturated carbocycles. The van der Waals surface area contributed by atoms with Crippen LogP contribution in [0.1, 0.15) is 24.0 Å². The number of hydrogen-bond acceptors (Lipinski definition) is 4. The lowest BCUT2D eigenvalue weighted by molar-refractivity contribution is -0.140. The van der Waals surface area contributed by atoms with Crippen LogP contribution in [-0.2, 0) is 12.7 Å². The number of aliphatic imine (C=N–C) groups is 1. The van der Waals surface area contributed by atoms with Crippen molar-refractivity contribution in [1.29, 1.82) is 0 Å². The van der Waals surface area contributed by atoms with E-state index in [-0.39, 0.29) is 30.5 Å². The molecule has 0 radical (unpaired) electrons. The maximum atomic E-state index is 12.6. The van der Waals surface area contributed by atoms with Crippen LogP contribution in [0.3, 0.4) is 0 Å². The summed E-state index contributed by atoms with van der Waals surface area (Å²) in [6.07, 6.45) is -3.32. The lowest BCUT2D eigenvalue weighted by Gasteiger charge is -2.19. The van der Waals surface area contributed by atoms with Gasteiger partial charge in [-0.2, -0.15) is 13.2 Å². The lowest BCUT2D eigenvalue weighted by atomic mass is 10.1. The van der Waals surface area contributed by atoms with Crippen molar-refractivity contribution in [1.82, 2.24) is 15.6 Å². The third-order valence-electron chi connectivity index (χ3n) is 4.52. The number of halogens is 4. The highest BCUT2D eigenvalue weighted by Crippen LogP contribution is 2.30. The van der Waals surface area contributed by atoms with Crippen LogP contribution in [0, 0.1) is 5.92 Å². The Morgan fingerprint density at radius 2 is 2.03 bits per heavy atom. The summed E-state index contributed by atoms with van der Waals surface area (Å²) in [6, 6.07) is 10.3. The van der Waals surface area contributed by atoms with Gasteiger partial charge in [0.25, 0.3) is 0 Å². The van der Waals surface area contributed by atoms with Crippen molar-refractivity contribution >= 4 is 47.0 Å². The van der Waals surface area contributed by atoms with Crippen LogP contribution in [-0.4, -0.2) is 37.1 Å². The maximum Gasteiger partial charge on any atom is 0.434 e. The molecule has 1 aliphatic rings. The summed E-state index contributed by atoms with van der Waals surface area (Å²) in [5.74, 6) is 1.09. The fourth-order valence-corrected chi connectivity index (χ4v) is 3.84. The topological polar surface area (TPSA) is 52.6 Å². The van der Waals surface area contributed by atoms with E-state index < -0.39 is 11.9 Å². The zero-order chi connectivity index (χ0) is 20.0. The molecule has 0 bridgehead atoms. The Bertz CT molecular complexity index is 782. The molecule has 1 saturated heterocycles. The molecule has 1 aliphatic heterocycles. The van der Waals surface area contributed by atoms with Gasteiger partial charge < -0.3 is 15.5 Å². The summed E-state index contributed by atoms with van der Waals surface area (Å²) in [6.45, 7) is 5.51. The van der Waals surface area contributed by atoms with Crippen molar-refractivity contribution in [3.05, 3.63) is 46.4 Å². The van der Waals surface area contributed by atoms with Gasteiger partial charge in [-0.1, -0.05) is 18.2 Å². The number of benzene rings is 1. The van der Waals surface area contributed by atoms with Crippen LogP contribution in [0.4, 0.5) is 18.9 Å². The second kappa shape index (κ2) is 11.0. The second-order valence-electron chi connectivity index (χ2n) is 6.64. The molecule has 1 aromatic carbocycles.